The quantitative estimate of drug-likeness (QED) is 0.514. The third kappa shape index (κ3) is 7.10. The van der Waals surface area contributed by atoms with Crippen molar-refractivity contribution in [3.8, 4) is 0 Å². The first-order valence-corrected chi connectivity index (χ1v) is 11.4. The number of nitrogens with one attached hydrogen (secondary N) is 2. The van der Waals surface area contributed by atoms with E-state index in [2.05, 4.69) is 70.6 Å². The molecule has 0 saturated carbocycles. The molecule has 0 unspecified atom stereocenters. The Labute approximate surface area is 179 Å². The number of benzene rings is 1. The van der Waals surface area contributed by atoms with E-state index in [1.165, 1.54) is 16.0 Å². The summed E-state index contributed by atoms with van der Waals surface area (Å²) in [5.41, 5.74) is 2.61. The van der Waals surface area contributed by atoms with Gasteiger partial charge >= 0.3 is 0 Å². The van der Waals surface area contributed by atoms with Gasteiger partial charge in [0.25, 0.3) is 0 Å². The van der Waals surface area contributed by atoms with E-state index in [-0.39, 0.29) is 0 Å². The standard InChI is InChI=1S/C22H34N6S/c1-4-20-15-24-21(29-20)16-26-22(23-5-2)25-14-18-6-8-19(9-7-18)17-28-12-10-27(3)11-13-28/h6-9,15H,4-5,10-14,16-17H2,1-3H3,(H2,23,25,26). The first-order chi connectivity index (χ1) is 14.2. The predicted molar refractivity (Wildman–Crippen MR) is 122 cm³/mol. The summed E-state index contributed by atoms with van der Waals surface area (Å²) < 4.78 is 0. The third-order valence-electron chi connectivity index (χ3n) is 5.15. The van der Waals surface area contributed by atoms with Gasteiger partial charge in [0.15, 0.2) is 5.96 Å². The molecule has 1 aliphatic rings. The van der Waals surface area contributed by atoms with Gasteiger partial charge in [-0.15, -0.1) is 11.3 Å². The largest absolute Gasteiger partial charge is 0.357 e. The highest BCUT2D eigenvalue weighted by Crippen LogP contribution is 2.13. The topological polar surface area (TPSA) is 55.8 Å². The molecule has 29 heavy (non-hydrogen) atoms. The Morgan fingerprint density at radius 2 is 1.79 bits per heavy atom. The van der Waals surface area contributed by atoms with E-state index >= 15 is 0 Å². The minimum Gasteiger partial charge on any atom is -0.357 e. The lowest BCUT2D eigenvalue weighted by molar-refractivity contribution is 0.148. The number of aliphatic imine (C=N–C) groups is 1. The van der Waals surface area contributed by atoms with Gasteiger partial charge in [-0.05, 0) is 31.5 Å². The maximum Gasteiger partial charge on any atom is 0.191 e. The molecule has 3 rings (SSSR count). The molecule has 6 nitrogen and oxygen atoms in total. The maximum atomic E-state index is 4.73. The van der Waals surface area contributed by atoms with Crippen LogP contribution in [0.15, 0.2) is 35.5 Å². The average molecular weight is 415 g/mol. The second kappa shape index (κ2) is 11.3. The number of hydrogen-bond donors (Lipinski definition) is 2. The van der Waals surface area contributed by atoms with Crippen LogP contribution in [0.1, 0.15) is 34.9 Å². The molecule has 2 heterocycles. The number of nitrogens with zero attached hydrogens (tertiary/aromatic N) is 4. The zero-order chi connectivity index (χ0) is 20.5. The van der Waals surface area contributed by atoms with Crippen molar-refractivity contribution in [2.45, 2.75) is 39.9 Å². The second-order valence-electron chi connectivity index (χ2n) is 7.52. The minimum absolute atomic E-state index is 0.669. The lowest BCUT2D eigenvalue weighted by atomic mass is 10.1. The fraction of sp³-hybridized carbons (Fsp3) is 0.545. The molecule has 1 saturated heterocycles. The molecule has 0 atom stereocenters. The van der Waals surface area contributed by atoms with Gasteiger partial charge in [0.05, 0.1) is 13.1 Å². The van der Waals surface area contributed by atoms with E-state index in [4.69, 9.17) is 4.99 Å². The normalized spacial score (nSPS) is 16.2. The summed E-state index contributed by atoms with van der Waals surface area (Å²) in [5.74, 6) is 0.835. The lowest BCUT2D eigenvalue weighted by Crippen LogP contribution is -2.43. The smallest absolute Gasteiger partial charge is 0.191 e. The molecular weight excluding hydrogens is 380 g/mol. The van der Waals surface area contributed by atoms with Gasteiger partial charge in [-0.3, -0.25) is 4.90 Å². The summed E-state index contributed by atoms with van der Waals surface area (Å²) >= 11 is 1.76. The van der Waals surface area contributed by atoms with Crippen molar-refractivity contribution in [1.29, 1.82) is 0 Å². The van der Waals surface area contributed by atoms with E-state index in [0.29, 0.717) is 13.1 Å². The summed E-state index contributed by atoms with van der Waals surface area (Å²) in [7, 11) is 2.20. The van der Waals surface area contributed by atoms with Crippen LogP contribution in [-0.2, 0) is 26.1 Å². The van der Waals surface area contributed by atoms with E-state index in [1.807, 2.05) is 6.20 Å². The van der Waals surface area contributed by atoms with Crippen LogP contribution < -0.4 is 10.6 Å². The first kappa shape index (κ1) is 21.7. The van der Waals surface area contributed by atoms with Crippen LogP contribution in [0.4, 0.5) is 0 Å². The summed E-state index contributed by atoms with van der Waals surface area (Å²) in [4.78, 5) is 15.4. The van der Waals surface area contributed by atoms with Crippen molar-refractivity contribution in [2.75, 3.05) is 39.8 Å². The number of aryl methyl sites for hydroxylation is 1. The number of hydrogen-bond acceptors (Lipinski definition) is 5. The van der Waals surface area contributed by atoms with E-state index in [1.54, 1.807) is 11.3 Å². The highest BCUT2D eigenvalue weighted by molar-refractivity contribution is 7.11. The van der Waals surface area contributed by atoms with Gasteiger partial charge in [0.1, 0.15) is 5.01 Å². The van der Waals surface area contributed by atoms with Crippen molar-refractivity contribution in [3.63, 3.8) is 0 Å². The number of likely N-dealkylation sites (N-methyl/N-ethyl adjacent to an activating group) is 1. The van der Waals surface area contributed by atoms with Crippen molar-refractivity contribution in [1.82, 2.24) is 25.4 Å². The minimum atomic E-state index is 0.669. The molecule has 1 aromatic carbocycles. The highest BCUT2D eigenvalue weighted by atomic mass is 32.1. The van der Waals surface area contributed by atoms with Gasteiger partial charge < -0.3 is 15.5 Å². The predicted octanol–water partition coefficient (Wildman–Crippen LogP) is 2.71. The van der Waals surface area contributed by atoms with Gasteiger partial charge in [-0.2, -0.15) is 0 Å². The van der Waals surface area contributed by atoms with Crippen LogP contribution in [0.3, 0.4) is 0 Å². The first-order valence-electron chi connectivity index (χ1n) is 10.6. The number of rotatable bonds is 8. The van der Waals surface area contributed by atoms with Crippen LogP contribution >= 0.6 is 11.3 Å². The zero-order valence-electron chi connectivity index (χ0n) is 17.9. The second-order valence-corrected chi connectivity index (χ2v) is 8.72. The van der Waals surface area contributed by atoms with Gasteiger partial charge in [0.2, 0.25) is 0 Å². The summed E-state index contributed by atoms with van der Waals surface area (Å²) in [5, 5.41) is 7.81. The monoisotopic (exact) mass is 414 g/mol. The molecule has 2 aromatic rings. The Morgan fingerprint density at radius 1 is 1.07 bits per heavy atom. The number of guanidine groups is 1. The van der Waals surface area contributed by atoms with E-state index in [0.717, 1.165) is 56.7 Å². The summed E-state index contributed by atoms with van der Waals surface area (Å²) in [6, 6.07) is 8.89. The number of piperazine rings is 1. The van der Waals surface area contributed by atoms with Crippen molar-refractivity contribution in [2.24, 2.45) is 4.99 Å². The molecule has 1 fully saturated rings. The van der Waals surface area contributed by atoms with Crippen molar-refractivity contribution in [3.05, 3.63) is 51.5 Å². The SMILES string of the molecule is CCNC(=NCc1ccc(CN2CCN(C)CC2)cc1)NCc1ncc(CC)s1. The Morgan fingerprint density at radius 3 is 2.45 bits per heavy atom. The summed E-state index contributed by atoms with van der Waals surface area (Å²) in [6.07, 6.45) is 3.01. The molecule has 0 aliphatic carbocycles. The molecular formula is C22H34N6S. The molecule has 1 aliphatic heterocycles. The molecule has 0 radical (unpaired) electrons. The van der Waals surface area contributed by atoms with Crippen LogP contribution in [0, 0.1) is 0 Å². The number of aromatic nitrogens is 1. The average Bonchev–Trinajstić information content (AvgIpc) is 3.21. The number of thiazole rings is 1. The highest BCUT2D eigenvalue weighted by Gasteiger charge is 2.13. The van der Waals surface area contributed by atoms with Crippen molar-refractivity contribution >= 4 is 17.3 Å². The Bertz CT molecular complexity index is 762. The van der Waals surface area contributed by atoms with E-state index < -0.39 is 0 Å². The van der Waals surface area contributed by atoms with E-state index in [9.17, 15) is 0 Å². The van der Waals surface area contributed by atoms with Gasteiger partial charge in [-0.1, -0.05) is 31.2 Å². The van der Waals surface area contributed by atoms with Crippen LogP contribution in [0.5, 0.6) is 0 Å². The molecule has 158 valence electrons. The maximum absolute atomic E-state index is 4.73. The fourth-order valence-electron chi connectivity index (χ4n) is 3.28. The molecule has 2 N–H and O–H groups in total. The Kier molecular flexibility index (Phi) is 8.46. The van der Waals surface area contributed by atoms with Crippen LogP contribution in [-0.4, -0.2) is 60.5 Å². The van der Waals surface area contributed by atoms with Crippen LogP contribution in [0.2, 0.25) is 0 Å². The molecule has 0 bridgehead atoms. The molecule has 7 heteroatoms. The fourth-order valence-corrected chi connectivity index (χ4v) is 4.08. The van der Waals surface area contributed by atoms with Gasteiger partial charge in [0, 0.05) is 50.3 Å². The molecule has 0 spiro atoms. The Hall–Kier alpha value is -1.96. The van der Waals surface area contributed by atoms with Crippen LogP contribution in [0.25, 0.3) is 0 Å². The molecule has 0 amide bonds. The third-order valence-corrected chi connectivity index (χ3v) is 6.29. The summed E-state index contributed by atoms with van der Waals surface area (Å²) in [6.45, 7) is 12.1. The zero-order valence-corrected chi connectivity index (χ0v) is 18.8. The van der Waals surface area contributed by atoms with Crippen molar-refractivity contribution < 1.29 is 0 Å². The van der Waals surface area contributed by atoms with Gasteiger partial charge in [-0.25, -0.2) is 9.98 Å². The molecule has 1 aromatic heterocycles. The lowest BCUT2D eigenvalue weighted by Gasteiger charge is -2.32. The Balaban J connectivity index is 1.50.